The zero-order valence-corrected chi connectivity index (χ0v) is 15.0. The summed E-state index contributed by atoms with van der Waals surface area (Å²) in [5.41, 5.74) is 0.640. The van der Waals surface area contributed by atoms with Gasteiger partial charge in [-0.3, -0.25) is 9.36 Å². The van der Waals surface area contributed by atoms with E-state index < -0.39 is 5.82 Å². The molecule has 0 atom stereocenters. The molecule has 0 radical (unpaired) electrons. The molecular formula is C19H15FN4O4. The van der Waals surface area contributed by atoms with Crippen LogP contribution >= 0.6 is 0 Å². The molecule has 142 valence electrons. The molecule has 0 saturated carbocycles. The second kappa shape index (κ2) is 7.10. The first-order valence-electron chi connectivity index (χ1n) is 8.28. The van der Waals surface area contributed by atoms with E-state index in [2.05, 4.69) is 15.1 Å². The number of methoxy groups -OCH3 is 2. The van der Waals surface area contributed by atoms with Gasteiger partial charge < -0.3 is 14.0 Å². The van der Waals surface area contributed by atoms with Crippen molar-refractivity contribution in [3.63, 3.8) is 0 Å². The molecule has 0 aliphatic carbocycles. The number of aromatic nitrogens is 4. The van der Waals surface area contributed by atoms with E-state index in [0.717, 1.165) is 0 Å². The number of rotatable bonds is 5. The van der Waals surface area contributed by atoms with Crippen molar-refractivity contribution in [1.82, 2.24) is 19.7 Å². The van der Waals surface area contributed by atoms with Gasteiger partial charge in [0.2, 0.25) is 11.7 Å². The summed E-state index contributed by atoms with van der Waals surface area (Å²) in [5.74, 6) is 1.25. The summed E-state index contributed by atoms with van der Waals surface area (Å²) in [4.78, 5) is 21.0. The average Bonchev–Trinajstić information content (AvgIpc) is 3.18. The Morgan fingerprint density at radius 1 is 1.11 bits per heavy atom. The predicted octanol–water partition coefficient (Wildman–Crippen LogP) is 2.65. The Morgan fingerprint density at radius 2 is 1.93 bits per heavy atom. The highest BCUT2D eigenvalue weighted by molar-refractivity contribution is 5.77. The number of hydrogen-bond donors (Lipinski definition) is 0. The Balaban J connectivity index is 1.64. The molecule has 0 N–H and O–H groups in total. The van der Waals surface area contributed by atoms with Crippen LogP contribution in [0.4, 0.5) is 4.39 Å². The van der Waals surface area contributed by atoms with Crippen molar-refractivity contribution in [2.75, 3.05) is 14.2 Å². The van der Waals surface area contributed by atoms with Crippen LogP contribution in [-0.2, 0) is 6.54 Å². The van der Waals surface area contributed by atoms with Gasteiger partial charge in [0, 0.05) is 11.6 Å². The summed E-state index contributed by atoms with van der Waals surface area (Å²) >= 11 is 0. The Kier molecular flexibility index (Phi) is 4.48. The largest absolute Gasteiger partial charge is 0.493 e. The summed E-state index contributed by atoms with van der Waals surface area (Å²) in [6, 6.07) is 9.07. The molecule has 0 aliphatic heterocycles. The van der Waals surface area contributed by atoms with E-state index in [9.17, 15) is 9.18 Å². The molecule has 9 heteroatoms. The van der Waals surface area contributed by atoms with Crippen LogP contribution in [0.2, 0.25) is 0 Å². The van der Waals surface area contributed by atoms with Crippen molar-refractivity contribution < 1.29 is 18.4 Å². The number of ether oxygens (including phenoxy) is 2. The standard InChI is InChI=1S/C19H15FN4O4/c1-26-15-6-3-11(7-16(15)27-2)18-22-17(28-23-18)9-24-10-21-14-8-12(20)4-5-13(14)19(24)25/h3-8,10H,9H2,1-2H3. The normalized spacial score (nSPS) is 11.0. The third-order valence-electron chi connectivity index (χ3n) is 4.20. The molecule has 0 bridgehead atoms. The van der Waals surface area contributed by atoms with Gasteiger partial charge in [0.15, 0.2) is 11.5 Å². The van der Waals surface area contributed by atoms with Gasteiger partial charge in [0.25, 0.3) is 5.56 Å². The zero-order valence-electron chi connectivity index (χ0n) is 15.0. The van der Waals surface area contributed by atoms with Crippen LogP contribution in [0.3, 0.4) is 0 Å². The molecule has 2 aromatic heterocycles. The fraction of sp³-hybridized carbons (Fsp3) is 0.158. The van der Waals surface area contributed by atoms with Crippen molar-refractivity contribution in [3.8, 4) is 22.9 Å². The van der Waals surface area contributed by atoms with Crippen LogP contribution in [0.15, 0.2) is 52.0 Å². The summed E-state index contributed by atoms with van der Waals surface area (Å²) in [5, 5.41) is 4.26. The van der Waals surface area contributed by atoms with Crippen molar-refractivity contribution in [2.24, 2.45) is 0 Å². The Bertz CT molecular complexity index is 1220. The first-order valence-corrected chi connectivity index (χ1v) is 8.28. The minimum absolute atomic E-state index is 0.0411. The first-order chi connectivity index (χ1) is 13.6. The number of halogens is 1. The van der Waals surface area contributed by atoms with Gasteiger partial charge in [-0.25, -0.2) is 9.37 Å². The van der Waals surface area contributed by atoms with Crippen LogP contribution in [0, 0.1) is 5.82 Å². The topological polar surface area (TPSA) is 92.3 Å². The highest BCUT2D eigenvalue weighted by atomic mass is 19.1. The van der Waals surface area contributed by atoms with Crippen LogP contribution < -0.4 is 15.0 Å². The lowest BCUT2D eigenvalue weighted by Crippen LogP contribution is -2.21. The van der Waals surface area contributed by atoms with Crippen LogP contribution in [0.1, 0.15) is 5.89 Å². The van der Waals surface area contributed by atoms with Crippen molar-refractivity contribution >= 4 is 10.9 Å². The lowest BCUT2D eigenvalue weighted by molar-refractivity contribution is 0.355. The summed E-state index contributed by atoms with van der Waals surface area (Å²) in [6.45, 7) is 0.0411. The smallest absolute Gasteiger partial charge is 0.261 e. The number of benzene rings is 2. The minimum Gasteiger partial charge on any atom is -0.493 e. The fourth-order valence-electron chi connectivity index (χ4n) is 2.80. The van der Waals surface area contributed by atoms with E-state index in [1.807, 2.05) is 0 Å². The van der Waals surface area contributed by atoms with Crippen LogP contribution in [0.5, 0.6) is 11.5 Å². The summed E-state index contributed by atoms with van der Waals surface area (Å²) in [6.07, 6.45) is 1.32. The number of fused-ring (bicyclic) bond motifs is 1. The SMILES string of the molecule is COc1ccc(-c2noc(Cn3cnc4cc(F)ccc4c3=O)n2)cc1OC. The van der Waals surface area contributed by atoms with E-state index in [0.29, 0.717) is 28.3 Å². The molecule has 0 amide bonds. The van der Waals surface area contributed by atoms with Gasteiger partial charge in [-0.05, 0) is 30.3 Å². The van der Waals surface area contributed by atoms with Gasteiger partial charge in [-0.15, -0.1) is 0 Å². The molecule has 28 heavy (non-hydrogen) atoms. The van der Waals surface area contributed by atoms with E-state index >= 15 is 0 Å². The summed E-state index contributed by atoms with van der Waals surface area (Å²) in [7, 11) is 3.09. The quantitative estimate of drug-likeness (QED) is 0.524. The highest BCUT2D eigenvalue weighted by Gasteiger charge is 2.14. The maximum absolute atomic E-state index is 13.3. The maximum atomic E-state index is 13.3. The predicted molar refractivity (Wildman–Crippen MR) is 97.9 cm³/mol. The van der Waals surface area contributed by atoms with E-state index in [1.165, 1.54) is 36.2 Å². The molecule has 0 aliphatic rings. The molecule has 2 heterocycles. The number of nitrogens with zero attached hydrogens (tertiary/aromatic N) is 4. The summed E-state index contributed by atoms with van der Waals surface area (Å²) < 4.78 is 30.4. The molecule has 0 unspecified atom stereocenters. The molecule has 4 rings (SSSR count). The molecule has 2 aromatic carbocycles. The Labute approximate surface area is 158 Å². The van der Waals surface area contributed by atoms with Gasteiger partial charge in [0.1, 0.15) is 12.4 Å². The van der Waals surface area contributed by atoms with Crippen LogP contribution in [-0.4, -0.2) is 33.9 Å². The molecule has 4 aromatic rings. The third-order valence-corrected chi connectivity index (χ3v) is 4.20. The monoisotopic (exact) mass is 382 g/mol. The molecule has 0 spiro atoms. The average molecular weight is 382 g/mol. The van der Waals surface area contributed by atoms with Crippen LogP contribution in [0.25, 0.3) is 22.3 Å². The second-order valence-corrected chi connectivity index (χ2v) is 5.92. The van der Waals surface area contributed by atoms with Gasteiger partial charge in [0.05, 0.1) is 31.4 Å². The van der Waals surface area contributed by atoms with Crippen molar-refractivity contribution in [2.45, 2.75) is 6.54 Å². The van der Waals surface area contributed by atoms with Crippen molar-refractivity contribution in [3.05, 3.63) is 64.8 Å². The van der Waals surface area contributed by atoms with E-state index in [-0.39, 0.29) is 23.5 Å². The second-order valence-electron chi connectivity index (χ2n) is 5.92. The lowest BCUT2D eigenvalue weighted by Gasteiger charge is -2.07. The molecule has 8 nitrogen and oxygen atoms in total. The Morgan fingerprint density at radius 3 is 2.71 bits per heavy atom. The highest BCUT2D eigenvalue weighted by Crippen LogP contribution is 2.31. The molecule has 0 fully saturated rings. The Hall–Kier alpha value is -3.75. The number of hydrogen-bond acceptors (Lipinski definition) is 7. The molecule has 0 saturated heterocycles. The maximum Gasteiger partial charge on any atom is 0.261 e. The third kappa shape index (κ3) is 3.18. The van der Waals surface area contributed by atoms with Gasteiger partial charge >= 0.3 is 0 Å². The molecular weight excluding hydrogens is 367 g/mol. The van der Waals surface area contributed by atoms with Crippen molar-refractivity contribution in [1.29, 1.82) is 0 Å². The van der Waals surface area contributed by atoms with E-state index in [1.54, 1.807) is 25.3 Å². The van der Waals surface area contributed by atoms with Gasteiger partial charge in [-0.1, -0.05) is 5.16 Å². The lowest BCUT2D eigenvalue weighted by atomic mass is 10.2. The zero-order chi connectivity index (χ0) is 19.7. The van der Waals surface area contributed by atoms with E-state index in [4.69, 9.17) is 14.0 Å². The minimum atomic E-state index is -0.450. The fourth-order valence-corrected chi connectivity index (χ4v) is 2.80. The first kappa shape index (κ1) is 17.7. The van der Waals surface area contributed by atoms with Gasteiger partial charge in [-0.2, -0.15) is 4.98 Å².